The highest BCUT2D eigenvalue weighted by atomic mass is 16.4. The molecular formula is C15H20N4O3. The molecule has 0 spiro atoms. The van der Waals surface area contributed by atoms with E-state index in [1.54, 1.807) is 6.07 Å². The minimum atomic E-state index is -1.07. The van der Waals surface area contributed by atoms with Crippen LogP contribution in [-0.4, -0.2) is 46.8 Å². The molecule has 1 saturated carbocycles. The number of piperidine rings is 1. The van der Waals surface area contributed by atoms with E-state index in [0.717, 1.165) is 38.8 Å². The molecular weight excluding hydrogens is 284 g/mol. The summed E-state index contributed by atoms with van der Waals surface area (Å²) in [5.74, 6) is 0.454. The van der Waals surface area contributed by atoms with Gasteiger partial charge in [0, 0.05) is 25.6 Å². The first-order valence-electron chi connectivity index (χ1n) is 7.73. The molecule has 2 N–H and O–H groups in total. The highest BCUT2D eigenvalue weighted by molar-refractivity contribution is 5.85. The molecule has 1 amide bonds. The van der Waals surface area contributed by atoms with Gasteiger partial charge in [0.05, 0.1) is 0 Å². The summed E-state index contributed by atoms with van der Waals surface area (Å²) >= 11 is 0. The van der Waals surface area contributed by atoms with Crippen LogP contribution in [-0.2, 0) is 4.79 Å². The molecule has 2 fully saturated rings. The Labute approximate surface area is 128 Å². The summed E-state index contributed by atoms with van der Waals surface area (Å²) in [6.45, 7) is 2.40. The van der Waals surface area contributed by atoms with Crippen molar-refractivity contribution in [3.05, 3.63) is 17.8 Å². The van der Waals surface area contributed by atoms with Crippen LogP contribution in [0.2, 0.25) is 0 Å². The van der Waals surface area contributed by atoms with Gasteiger partial charge >= 0.3 is 5.97 Å². The Morgan fingerprint density at radius 2 is 2.09 bits per heavy atom. The van der Waals surface area contributed by atoms with Gasteiger partial charge in [-0.1, -0.05) is 0 Å². The SMILES string of the molecule is O=C(O)c1ccc(N2CCCC(CNC(=O)C3CC3)C2)nn1. The number of carbonyl (C=O) groups is 2. The molecule has 1 aliphatic carbocycles. The second-order valence-corrected chi connectivity index (χ2v) is 6.06. The molecule has 0 bridgehead atoms. The summed E-state index contributed by atoms with van der Waals surface area (Å²) in [5, 5.41) is 19.6. The summed E-state index contributed by atoms with van der Waals surface area (Å²) in [4.78, 5) is 24.6. The Balaban J connectivity index is 1.55. The van der Waals surface area contributed by atoms with Crippen molar-refractivity contribution in [1.29, 1.82) is 0 Å². The van der Waals surface area contributed by atoms with Gasteiger partial charge in [0.15, 0.2) is 11.5 Å². The zero-order valence-corrected chi connectivity index (χ0v) is 12.4. The molecule has 1 saturated heterocycles. The van der Waals surface area contributed by atoms with Crippen LogP contribution in [0.4, 0.5) is 5.82 Å². The lowest BCUT2D eigenvalue weighted by Gasteiger charge is -2.33. The quantitative estimate of drug-likeness (QED) is 0.840. The number of amides is 1. The molecule has 0 radical (unpaired) electrons. The smallest absolute Gasteiger partial charge is 0.356 e. The number of rotatable bonds is 5. The molecule has 7 nitrogen and oxygen atoms in total. The lowest BCUT2D eigenvalue weighted by Crippen LogP contribution is -2.41. The van der Waals surface area contributed by atoms with Gasteiger partial charge in [0.25, 0.3) is 0 Å². The fourth-order valence-corrected chi connectivity index (χ4v) is 2.78. The average molecular weight is 304 g/mol. The minimum absolute atomic E-state index is 0.0472. The molecule has 118 valence electrons. The molecule has 2 aliphatic rings. The van der Waals surface area contributed by atoms with Crippen molar-refractivity contribution in [2.75, 3.05) is 24.5 Å². The highest BCUT2D eigenvalue weighted by Crippen LogP contribution is 2.29. The van der Waals surface area contributed by atoms with Crippen LogP contribution in [0.1, 0.15) is 36.2 Å². The third kappa shape index (κ3) is 3.52. The van der Waals surface area contributed by atoms with Crippen molar-refractivity contribution in [1.82, 2.24) is 15.5 Å². The Hall–Kier alpha value is -2.18. The third-order valence-corrected chi connectivity index (χ3v) is 4.23. The second kappa shape index (κ2) is 6.29. The molecule has 1 aromatic heterocycles. The van der Waals surface area contributed by atoms with E-state index in [9.17, 15) is 9.59 Å². The number of nitrogens with one attached hydrogen (secondary N) is 1. The van der Waals surface area contributed by atoms with Gasteiger partial charge < -0.3 is 15.3 Å². The van der Waals surface area contributed by atoms with Crippen molar-refractivity contribution < 1.29 is 14.7 Å². The molecule has 2 heterocycles. The summed E-state index contributed by atoms with van der Waals surface area (Å²) in [7, 11) is 0. The fraction of sp³-hybridized carbons (Fsp3) is 0.600. The van der Waals surface area contributed by atoms with E-state index < -0.39 is 5.97 Å². The number of hydrogen-bond donors (Lipinski definition) is 2. The number of carboxylic acids is 1. The summed E-state index contributed by atoms with van der Waals surface area (Å²) < 4.78 is 0. The van der Waals surface area contributed by atoms with E-state index in [-0.39, 0.29) is 17.5 Å². The predicted molar refractivity (Wildman–Crippen MR) is 79.7 cm³/mol. The molecule has 7 heteroatoms. The van der Waals surface area contributed by atoms with Crippen LogP contribution in [0.3, 0.4) is 0 Å². The number of carboxylic acid groups (broad SMARTS) is 1. The monoisotopic (exact) mass is 304 g/mol. The van der Waals surface area contributed by atoms with Crippen LogP contribution < -0.4 is 10.2 Å². The average Bonchev–Trinajstić information content (AvgIpc) is 3.38. The summed E-state index contributed by atoms with van der Waals surface area (Å²) in [5.41, 5.74) is -0.0472. The maximum absolute atomic E-state index is 11.7. The predicted octanol–water partition coefficient (Wildman–Crippen LogP) is 0.917. The Morgan fingerprint density at radius 3 is 2.73 bits per heavy atom. The van der Waals surface area contributed by atoms with Gasteiger partial charge in [-0.15, -0.1) is 10.2 Å². The van der Waals surface area contributed by atoms with Crippen molar-refractivity contribution >= 4 is 17.7 Å². The van der Waals surface area contributed by atoms with Crippen LogP contribution >= 0.6 is 0 Å². The molecule has 0 aromatic carbocycles. The number of aromatic nitrogens is 2. The van der Waals surface area contributed by atoms with Gasteiger partial charge in [-0.25, -0.2) is 4.79 Å². The van der Waals surface area contributed by atoms with E-state index in [4.69, 9.17) is 5.11 Å². The van der Waals surface area contributed by atoms with Gasteiger partial charge in [0.2, 0.25) is 5.91 Å². The number of nitrogens with zero attached hydrogens (tertiary/aromatic N) is 3. The lowest BCUT2D eigenvalue weighted by molar-refractivity contribution is -0.122. The molecule has 1 aliphatic heterocycles. The van der Waals surface area contributed by atoms with Gasteiger partial charge in [0.1, 0.15) is 0 Å². The highest BCUT2D eigenvalue weighted by Gasteiger charge is 2.30. The van der Waals surface area contributed by atoms with E-state index in [0.29, 0.717) is 18.3 Å². The van der Waals surface area contributed by atoms with Crippen molar-refractivity contribution in [3.63, 3.8) is 0 Å². The van der Waals surface area contributed by atoms with Crippen LogP contribution in [0, 0.1) is 11.8 Å². The van der Waals surface area contributed by atoms with Gasteiger partial charge in [-0.2, -0.15) is 0 Å². The van der Waals surface area contributed by atoms with Crippen molar-refractivity contribution in [2.45, 2.75) is 25.7 Å². The second-order valence-electron chi connectivity index (χ2n) is 6.06. The van der Waals surface area contributed by atoms with E-state index in [1.165, 1.54) is 6.07 Å². The first kappa shape index (κ1) is 14.7. The first-order valence-corrected chi connectivity index (χ1v) is 7.73. The first-order chi connectivity index (χ1) is 10.6. The zero-order chi connectivity index (χ0) is 15.5. The minimum Gasteiger partial charge on any atom is -0.476 e. The third-order valence-electron chi connectivity index (χ3n) is 4.23. The summed E-state index contributed by atoms with van der Waals surface area (Å²) in [6.07, 6.45) is 4.16. The number of carbonyl (C=O) groups excluding carboxylic acids is 1. The Bertz CT molecular complexity index is 556. The number of anilines is 1. The van der Waals surface area contributed by atoms with Crippen molar-refractivity contribution in [2.24, 2.45) is 11.8 Å². The molecule has 22 heavy (non-hydrogen) atoms. The zero-order valence-electron chi connectivity index (χ0n) is 12.4. The van der Waals surface area contributed by atoms with Gasteiger partial charge in [-0.3, -0.25) is 4.79 Å². The Morgan fingerprint density at radius 1 is 1.27 bits per heavy atom. The number of hydrogen-bond acceptors (Lipinski definition) is 5. The fourth-order valence-electron chi connectivity index (χ4n) is 2.78. The molecule has 3 rings (SSSR count). The Kier molecular flexibility index (Phi) is 4.22. The maximum atomic E-state index is 11.7. The molecule has 1 aromatic rings. The van der Waals surface area contributed by atoms with E-state index >= 15 is 0 Å². The van der Waals surface area contributed by atoms with Crippen LogP contribution in [0.15, 0.2) is 12.1 Å². The normalized spacial score (nSPS) is 21.5. The van der Waals surface area contributed by atoms with Crippen LogP contribution in [0.5, 0.6) is 0 Å². The number of aromatic carboxylic acids is 1. The standard InChI is InChI=1S/C15H20N4O3/c20-14(11-3-4-11)16-8-10-2-1-7-19(9-10)13-6-5-12(15(21)22)17-18-13/h5-6,10-11H,1-4,7-9H2,(H,16,20)(H,21,22). The van der Waals surface area contributed by atoms with E-state index in [2.05, 4.69) is 20.4 Å². The maximum Gasteiger partial charge on any atom is 0.356 e. The lowest BCUT2D eigenvalue weighted by atomic mass is 9.98. The van der Waals surface area contributed by atoms with Crippen molar-refractivity contribution in [3.8, 4) is 0 Å². The van der Waals surface area contributed by atoms with E-state index in [1.807, 2.05) is 0 Å². The largest absolute Gasteiger partial charge is 0.476 e. The van der Waals surface area contributed by atoms with Crippen LogP contribution in [0.25, 0.3) is 0 Å². The topological polar surface area (TPSA) is 95.4 Å². The molecule has 1 atom stereocenters. The summed E-state index contributed by atoms with van der Waals surface area (Å²) in [6, 6.07) is 3.17. The molecule has 1 unspecified atom stereocenters. The van der Waals surface area contributed by atoms with Gasteiger partial charge in [-0.05, 0) is 43.7 Å².